The van der Waals surface area contributed by atoms with Crippen molar-refractivity contribution in [2.24, 2.45) is 5.10 Å². The minimum absolute atomic E-state index is 0.0107. The van der Waals surface area contributed by atoms with Crippen LogP contribution >= 0.6 is 15.9 Å². The maximum absolute atomic E-state index is 13.2. The molecule has 3 rings (SSSR count). The molecule has 2 aromatic carbocycles. The number of hydrogen-bond donors (Lipinski definition) is 0. The van der Waals surface area contributed by atoms with Gasteiger partial charge in [0, 0.05) is 16.5 Å². The van der Waals surface area contributed by atoms with E-state index < -0.39 is 0 Å². The van der Waals surface area contributed by atoms with Crippen LogP contribution in [-0.4, -0.2) is 55.4 Å². The highest BCUT2D eigenvalue weighted by atomic mass is 79.9. The molecule has 0 saturated heterocycles. The van der Waals surface area contributed by atoms with Crippen molar-refractivity contribution in [3.8, 4) is 11.5 Å². The Morgan fingerprint density at radius 3 is 2.43 bits per heavy atom. The Morgan fingerprint density at radius 2 is 1.83 bits per heavy atom. The highest BCUT2D eigenvalue weighted by Gasteiger charge is 2.34. The quantitative estimate of drug-likeness (QED) is 0.566. The van der Waals surface area contributed by atoms with Crippen LogP contribution in [0.3, 0.4) is 0 Å². The minimum Gasteiger partial charge on any atom is -0.497 e. The van der Waals surface area contributed by atoms with E-state index in [2.05, 4.69) is 34.7 Å². The molecule has 0 radical (unpaired) electrons. The number of halogens is 1. The lowest BCUT2D eigenvalue weighted by molar-refractivity contribution is -0.134. The number of ether oxygens (including phenoxy) is 2. The molecule has 0 fully saturated rings. The van der Waals surface area contributed by atoms with E-state index in [1.807, 2.05) is 42.5 Å². The molecular weight excluding hydrogens is 446 g/mol. The van der Waals surface area contributed by atoms with E-state index in [1.54, 1.807) is 19.2 Å². The summed E-state index contributed by atoms with van der Waals surface area (Å²) in [5.41, 5.74) is 2.70. The molecule has 0 spiro atoms. The topological polar surface area (TPSA) is 54.4 Å². The van der Waals surface area contributed by atoms with Gasteiger partial charge in [0.2, 0.25) is 0 Å². The first-order valence-electron chi connectivity index (χ1n) is 10.1. The van der Waals surface area contributed by atoms with Crippen molar-refractivity contribution in [2.75, 3.05) is 33.9 Å². The van der Waals surface area contributed by atoms with Crippen LogP contribution in [0.2, 0.25) is 0 Å². The summed E-state index contributed by atoms with van der Waals surface area (Å²) in [5.74, 6) is 1.42. The smallest absolute Gasteiger partial charge is 0.257 e. The largest absolute Gasteiger partial charge is 0.497 e. The summed E-state index contributed by atoms with van der Waals surface area (Å²) in [4.78, 5) is 15.3. The van der Waals surface area contributed by atoms with Crippen molar-refractivity contribution in [3.63, 3.8) is 0 Å². The van der Waals surface area contributed by atoms with Crippen molar-refractivity contribution >= 4 is 27.5 Å². The average molecular weight is 474 g/mol. The molecule has 0 aliphatic carbocycles. The van der Waals surface area contributed by atoms with Crippen LogP contribution in [0.1, 0.15) is 37.4 Å². The lowest BCUT2D eigenvalue weighted by Gasteiger charge is -2.25. The molecule has 0 N–H and O–H groups in total. The molecule has 0 saturated carbocycles. The Morgan fingerprint density at radius 1 is 1.13 bits per heavy atom. The summed E-state index contributed by atoms with van der Waals surface area (Å²) in [6.45, 7) is 6.09. The van der Waals surface area contributed by atoms with E-state index in [4.69, 9.17) is 14.6 Å². The van der Waals surface area contributed by atoms with Crippen molar-refractivity contribution < 1.29 is 14.3 Å². The summed E-state index contributed by atoms with van der Waals surface area (Å²) in [7, 11) is 3.27. The van der Waals surface area contributed by atoms with Crippen molar-refractivity contribution in [1.82, 2.24) is 9.91 Å². The van der Waals surface area contributed by atoms with E-state index in [1.165, 1.54) is 0 Å². The average Bonchev–Trinajstić information content (AvgIpc) is 3.22. The van der Waals surface area contributed by atoms with Crippen LogP contribution < -0.4 is 9.47 Å². The molecule has 1 aliphatic rings. The van der Waals surface area contributed by atoms with Gasteiger partial charge in [-0.2, -0.15) is 5.10 Å². The third-order valence-corrected chi connectivity index (χ3v) is 5.92. The summed E-state index contributed by atoms with van der Waals surface area (Å²) in [6.07, 6.45) is 0.606. The number of rotatable bonds is 8. The fourth-order valence-corrected chi connectivity index (χ4v) is 3.86. The van der Waals surface area contributed by atoms with Crippen LogP contribution in [0.5, 0.6) is 11.5 Å². The van der Waals surface area contributed by atoms with Gasteiger partial charge >= 0.3 is 0 Å². The maximum atomic E-state index is 13.2. The summed E-state index contributed by atoms with van der Waals surface area (Å²) in [6, 6.07) is 13.5. The number of hydrogen-bond acceptors (Lipinski definition) is 5. The summed E-state index contributed by atoms with van der Waals surface area (Å²) < 4.78 is 11.9. The number of carbonyl (C=O) groups excluding carboxylic acids is 1. The third-order valence-electron chi connectivity index (χ3n) is 5.39. The molecule has 30 heavy (non-hydrogen) atoms. The molecule has 1 atom stereocenters. The molecule has 1 heterocycles. The predicted molar refractivity (Wildman–Crippen MR) is 122 cm³/mol. The van der Waals surface area contributed by atoms with Crippen molar-refractivity contribution in [1.29, 1.82) is 0 Å². The fraction of sp³-hybridized carbons (Fsp3) is 0.391. The Bertz CT molecular complexity index is 910. The number of likely N-dealkylation sites (N-methyl/N-ethyl adjacent to an activating group) is 1. The first kappa shape index (κ1) is 22.3. The Balaban J connectivity index is 1.99. The van der Waals surface area contributed by atoms with E-state index in [0.717, 1.165) is 40.2 Å². The maximum Gasteiger partial charge on any atom is 0.257 e. The number of hydrazone groups is 1. The highest BCUT2D eigenvalue weighted by Crippen LogP contribution is 2.36. The van der Waals surface area contributed by atoms with Gasteiger partial charge in [0.1, 0.15) is 11.5 Å². The van der Waals surface area contributed by atoms with Gasteiger partial charge in [0.25, 0.3) is 5.91 Å². The Labute approximate surface area is 186 Å². The van der Waals surface area contributed by atoms with Crippen molar-refractivity contribution in [2.45, 2.75) is 26.3 Å². The molecule has 1 amide bonds. The zero-order chi connectivity index (χ0) is 21.7. The molecule has 0 bridgehead atoms. The first-order chi connectivity index (χ1) is 14.5. The molecule has 0 aromatic heterocycles. The second kappa shape index (κ2) is 10.1. The molecule has 2 aromatic rings. The van der Waals surface area contributed by atoms with Gasteiger partial charge in [0.05, 0.1) is 32.5 Å². The number of amides is 1. The van der Waals surface area contributed by atoms with Crippen LogP contribution in [0.25, 0.3) is 0 Å². The predicted octanol–water partition coefficient (Wildman–Crippen LogP) is 4.49. The lowest BCUT2D eigenvalue weighted by Crippen LogP contribution is -2.38. The van der Waals surface area contributed by atoms with E-state index in [0.29, 0.717) is 18.7 Å². The van der Waals surface area contributed by atoms with Crippen molar-refractivity contribution in [3.05, 3.63) is 58.1 Å². The molecule has 7 heteroatoms. The van der Waals surface area contributed by atoms with Gasteiger partial charge < -0.3 is 9.47 Å². The molecule has 1 unspecified atom stereocenters. The van der Waals surface area contributed by atoms with Crippen LogP contribution in [-0.2, 0) is 4.79 Å². The van der Waals surface area contributed by atoms with Gasteiger partial charge in [-0.25, -0.2) is 5.01 Å². The Hall–Kier alpha value is -2.38. The SMILES string of the molecule is CCN(CC)CC(=O)N1N=C(c2cc(OC)ccc2OC)CC1c1ccc(Br)cc1. The molecule has 1 aliphatic heterocycles. The second-order valence-corrected chi connectivity index (χ2v) is 8.00. The molecule has 6 nitrogen and oxygen atoms in total. The fourth-order valence-electron chi connectivity index (χ4n) is 3.60. The third kappa shape index (κ3) is 4.84. The standard InChI is InChI=1S/C23H28BrN3O3/c1-5-26(6-2)15-23(28)27-21(16-7-9-17(24)10-8-16)14-20(25-27)19-13-18(29-3)11-12-22(19)30-4/h7-13,21H,5-6,14-15H2,1-4H3. The van der Waals surface area contributed by atoms with E-state index >= 15 is 0 Å². The number of benzene rings is 2. The van der Waals surface area contributed by atoms with E-state index in [9.17, 15) is 4.79 Å². The van der Waals surface area contributed by atoms with E-state index in [-0.39, 0.29) is 11.9 Å². The van der Waals surface area contributed by atoms with Crippen LogP contribution in [0.15, 0.2) is 52.0 Å². The number of carbonyl (C=O) groups is 1. The molecular formula is C23H28BrN3O3. The van der Waals surface area contributed by atoms with Gasteiger partial charge in [0.15, 0.2) is 0 Å². The van der Waals surface area contributed by atoms with Crippen LogP contribution in [0, 0.1) is 0 Å². The highest BCUT2D eigenvalue weighted by molar-refractivity contribution is 9.10. The number of methoxy groups -OCH3 is 2. The zero-order valence-corrected chi connectivity index (χ0v) is 19.5. The monoisotopic (exact) mass is 473 g/mol. The normalized spacial score (nSPS) is 16.0. The Kier molecular flexibility index (Phi) is 7.50. The van der Waals surface area contributed by atoms with Gasteiger partial charge in [-0.1, -0.05) is 41.9 Å². The molecule has 160 valence electrons. The lowest BCUT2D eigenvalue weighted by atomic mass is 9.97. The van der Waals surface area contributed by atoms with Gasteiger partial charge in [-0.3, -0.25) is 9.69 Å². The number of nitrogens with zero attached hydrogens (tertiary/aromatic N) is 3. The van der Waals surface area contributed by atoms with Gasteiger partial charge in [-0.15, -0.1) is 0 Å². The first-order valence-corrected chi connectivity index (χ1v) is 10.9. The summed E-state index contributed by atoms with van der Waals surface area (Å²) in [5, 5.41) is 6.41. The summed E-state index contributed by atoms with van der Waals surface area (Å²) >= 11 is 3.49. The van der Waals surface area contributed by atoms with Gasteiger partial charge in [-0.05, 0) is 49.0 Å². The van der Waals surface area contributed by atoms with Crippen LogP contribution in [0.4, 0.5) is 0 Å². The minimum atomic E-state index is -0.160. The zero-order valence-electron chi connectivity index (χ0n) is 17.9. The second-order valence-electron chi connectivity index (χ2n) is 7.08.